The zero-order valence-electron chi connectivity index (χ0n) is 27.0. The number of carboxylic acid groups (broad SMARTS) is 3. The van der Waals surface area contributed by atoms with Crippen LogP contribution in [0.3, 0.4) is 0 Å². The van der Waals surface area contributed by atoms with Crippen molar-refractivity contribution in [3.8, 4) is 0 Å². The van der Waals surface area contributed by atoms with E-state index >= 15 is 0 Å². The summed E-state index contributed by atoms with van der Waals surface area (Å²) in [6, 6.07) is 0. The predicted octanol–water partition coefficient (Wildman–Crippen LogP) is 8.91. The summed E-state index contributed by atoms with van der Waals surface area (Å²) in [7, 11) is 0. The van der Waals surface area contributed by atoms with Crippen molar-refractivity contribution in [2.45, 2.75) is 150 Å². The summed E-state index contributed by atoms with van der Waals surface area (Å²) in [4.78, 5) is 34.8. The predicted molar refractivity (Wildman–Crippen MR) is 168 cm³/mol. The highest BCUT2D eigenvalue weighted by Crippen LogP contribution is 2.22. The highest BCUT2D eigenvalue weighted by atomic mass is 16.4. The molecule has 3 N–H and O–H groups in total. The fourth-order valence-electron chi connectivity index (χ4n) is 5.74. The number of rotatable bonds is 29. The minimum atomic E-state index is -0.963. The van der Waals surface area contributed by atoms with Crippen molar-refractivity contribution < 1.29 is 34.2 Å². The van der Waals surface area contributed by atoms with Gasteiger partial charge < -0.3 is 15.3 Å². The lowest BCUT2D eigenvalue weighted by Crippen LogP contribution is -2.53. The van der Waals surface area contributed by atoms with E-state index in [-0.39, 0.29) is 24.1 Å². The van der Waals surface area contributed by atoms with Crippen molar-refractivity contribution in [2.24, 2.45) is 17.8 Å². The first kappa shape index (κ1) is 39.1. The van der Waals surface area contributed by atoms with E-state index in [0.29, 0.717) is 0 Å². The van der Waals surface area contributed by atoms with Gasteiger partial charge in [-0.25, -0.2) is 0 Å². The van der Waals surface area contributed by atoms with Gasteiger partial charge in [0.2, 0.25) is 0 Å². The van der Waals surface area contributed by atoms with Crippen LogP contribution in [0.5, 0.6) is 0 Å². The van der Waals surface area contributed by atoms with E-state index < -0.39 is 35.7 Å². The molecule has 0 radical (unpaired) electrons. The van der Waals surface area contributed by atoms with Crippen LogP contribution in [-0.2, 0) is 14.4 Å². The van der Waals surface area contributed by atoms with E-state index in [1.807, 2.05) is 12.3 Å². The molecule has 0 aromatic heterocycles. The maximum Gasteiger partial charge on any atom is 0.311 e. The molecule has 7 nitrogen and oxygen atoms in total. The van der Waals surface area contributed by atoms with Gasteiger partial charge in [-0.1, -0.05) is 116 Å². The first-order valence-electron chi connectivity index (χ1n) is 16.8. The van der Waals surface area contributed by atoms with E-state index in [9.17, 15) is 29.7 Å². The van der Waals surface area contributed by atoms with Crippen LogP contribution in [0, 0.1) is 17.8 Å². The summed E-state index contributed by atoms with van der Waals surface area (Å²) < 4.78 is 0.0491. The third-order valence-corrected chi connectivity index (χ3v) is 8.32. The summed E-state index contributed by atoms with van der Waals surface area (Å²) in [6.07, 6.45) is 28.6. The van der Waals surface area contributed by atoms with Gasteiger partial charge in [-0.15, -0.1) is 0 Å². The highest BCUT2D eigenvalue weighted by Gasteiger charge is 2.37. The molecule has 0 bridgehead atoms. The van der Waals surface area contributed by atoms with Crippen LogP contribution in [0.15, 0.2) is 12.3 Å². The number of aliphatic carboxylic acids is 3. The lowest BCUT2D eigenvalue weighted by atomic mass is 10.0. The molecule has 0 aliphatic rings. The fourth-order valence-corrected chi connectivity index (χ4v) is 5.74. The Bertz CT molecular complexity index is 667. The van der Waals surface area contributed by atoms with E-state index in [1.165, 1.54) is 103 Å². The van der Waals surface area contributed by atoms with E-state index in [1.54, 1.807) is 20.8 Å². The molecule has 0 fully saturated rings. The number of carbonyl (C=O) groups is 3. The van der Waals surface area contributed by atoms with Gasteiger partial charge in [0.25, 0.3) is 0 Å². The van der Waals surface area contributed by atoms with Crippen LogP contribution in [0.4, 0.5) is 0 Å². The van der Waals surface area contributed by atoms with E-state index in [0.717, 1.165) is 19.3 Å². The molecule has 0 saturated carbocycles. The Morgan fingerprint density at radius 3 is 1.05 bits per heavy atom. The van der Waals surface area contributed by atoms with Crippen LogP contribution in [0.25, 0.3) is 0 Å². The average molecular weight is 583 g/mol. The van der Waals surface area contributed by atoms with Gasteiger partial charge in [-0.3, -0.25) is 18.9 Å². The molecule has 0 heterocycles. The molecule has 240 valence electrons. The van der Waals surface area contributed by atoms with Crippen LogP contribution >= 0.6 is 0 Å². The zero-order chi connectivity index (χ0) is 30.9. The van der Waals surface area contributed by atoms with Gasteiger partial charge in [0, 0.05) is 0 Å². The molecule has 3 atom stereocenters. The summed E-state index contributed by atoms with van der Waals surface area (Å²) >= 11 is 0. The normalized spacial score (nSPS) is 15.4. The molecule has 7 heteroatoms. The van der Waals surface area contributed by atoms with Gasteiger partial charge in [0.05, 0.1) is 25.8 Å². The van der Waals surface area contributed by atoms with Crippen LogP contribution < -0.4 is 0 Å². The second-order valence-corrected chi connectivity index (χ2v) is 12.7. The third kappa shape index (κ3) is 21.5. The summed E-state index contributed by atoms with van der Waals surface area (Å²) in [5.41, 5.74) is 0. The number of allylic oxidation sites excluding steroid dienone is 1. The van der Waals surface area contributed by atoms with Gasteiger partial charge >= 0.3 is 17.9 Å². The van der Waals surface area contributed by atoms with Crippen molar-refractivity contribution in [1.29, 1.82) is 0 Å². The zero-order valence-corrected chi connectivity index (χ0v) is 27.0. The van der Waals surface area contributed by atoms with Gasteiger partial charge in [0.15, 0.2) is 0 Å². The van der Waals surface area contributed by atoms with Crippen molar-refractivity contribution in [2.75, 3.05) is 19.6 Å². The highest BCUT2D eigenvalue weighted by molar-refractivity contribution is 5.70. The summed E-state index contributed by atoms with van der Waals surface area (Å²) in [5, 5.41) is 28.5. The number of unbranched alkanes of at least 4 members (excludes halogenated alkanes) is 18. The summed E-state index contributed by atoms with van der Waals surface area (Å²) in [6.45, 7) is 7.55. The molecule has 0 spiro atoms. The molecule has 0 amide bonds. The Morgan fingerprint density at radius 1 is 0.512 bits per heavy atom. The maximum absolute atomic E-state index is 11.6. The Hall–Kier alpha value is -1.89. The number of quaternary nitrogens is 1. The number of hydrogen-bond acceptors (Lipinski definition) is 3. The minimum Gasteiger partial charge on any atom is -0.481 e. The summed E-state index contributed by atoms with van der Waals surface area (Å²) in [5.74, 6) is -5.04. The monoisotopic (exact) mass is 582 g/mol. The second kappa shape index (κ2) is 24.7. The standard InChI is InChI=1S/C34H63NO6/c1-5-6-7-8-9-10-11-12-13-14-15-16-17-18-19-20-21-22-23-24-25-35(26-29(2)32(36)37,27-30(3)33(38)39)28-31(4)34(40)41/h24-25,29-31H,5-23,26-28H2,1-4H3,(H2-,36,37,38,39,40,41)/p+1/b25-24+. The molecule has 41 heavy (non-hydrogen) atoms. The lowest BCUT2D eigenvalue weighted by molar-refractivity contribution is -0.886. The Morgan fingerprint density at radius 2 is 0.780 bits per heavy atom. The van der Waals surface area contributed by atoms with Crippen molar-refractivity contribution in [1.82, 2.24) is 0 Å². The van der Waals surface area contributed by atoms with Crippen LogP contribution in [-0.4, -0.2) is 57.3 Å². The molecular formula is C34H64NO6+. The first-order valence-corrected chi connectivity index (χ1v) is 16.8. The van der Waals surface area contributed by atoms with Crippen molar-refractivity contribution in [3.63, 3.8) is 0 Å². The Balaban J connectivity index is 4.31. The molecule has 3 unspecified atom stereocenters. The second-order valence-electron chi connectivity index (χ2n) is 12.7. The molecular weight excluding hydrogens is 518 g/mol. The maximum atomic E-state index is 11.6. The number of hydrogen-bond donors (Lipinski definition) is 3. The molecule has 0 rings (SSSR count). The topological polar surface area (TPSA) is 112 Å². The molecule has 0 aromatic carbocycles. The largest absolute Gasteiger partial charge is 0.481 e. The van der Waals surface area contributed by atoms with Crippen molar-refractivity contribution >= 4 is 17.9 Å². The fraction of sp³-hybridized carbons (Fsp3) is 0.853. The van der Waals surface area contributed by atoms with Gasteiger partial charge in [-0.2, -0.15) is 0 Å². The first-order chi connectivity index (χ1) is 19.5. The van der Waals surface area contributed by atoms with Crippen LogP contribution in [0.2, 0.25) is 0 Å². The molecule has 0 saturated heterocycles. The number of carboxylic acids is 3. The number of nitrogens with zero attached hydrogens (tertiary/aromatic N) is 1. The smallest absolute Gasteiger partial charge is 0.311 e. The molecule has 0 aliphatic carbocycles. The van der Waals surface area contributed by atoms with Crippen molar-refractivity contribution in [3.05, 3.63) is 12.3 Å². The molecule has 0 aromatic rings. The lowest BCUT2D eigenvalue weighted by Gasteiger charge is -2.38. The van der Waals surface area contributed by atoms with Gasteiger partial charge in [-0.05, 0) is 39.7 Å². The van der Waals surface area contributed by atoms with E-state index in [4.69, 9.17) is 0 Å². The molecule has 0 aliphatic heterocycles. The third-order valence-electron chi connectivity index (χ3n) is 8.32. The minimum absolute atomic E-state index is 0.0491. The Labute approximate surface area is 251 Å². The van der Waals surface area contributed by atoms with Gasteiger partial charge in [0.1, 0.15) is 17.8 Å². The van der Waals surface area contributed by atoms with E-state index in [2.05, 4.69) is 6.92 Å². The quantitative estimate of drug-likeness (QED) is 0.0599. The van der Waals surface area contributed by atoms with Crippen LogP contribution in [0.1, 0.15) is 150 Å². The SMILES string of the molecule is CCCCCCCCCCCCCCCCCCCC/C=C/[N+](CC(C)C(=O)O)(CC(C)C(=O)O)CC(C)C(=O)O. The average Bonchev–Trinajstić information content (AvgIpc) is 2.91. The Kier molecular flexibility index (Phi) is 23.5.